The summed E-state index contributed by atoms with van der Waals surface area (Å²) in [5, 5.41) is 13.2. The topological polar surface area (TPSA) is 63.1 Å². The Morgan fingerprint density at radius 2 is 1.07 bits per heavy atom. The molecule has 383 valence electrons. The van der Waals surface area contributed by atoms with Crippen LogP contribution in [0.25, 0.3) is 44.1 Å². The second kappa shape index (κ2) is 24.9. The van der Waals surface area contributed by atoms with Gasteiger partial charge in [-0.1, -0.05) is 138 Å². The number of nitrogens with zero attached hydrogens (tertiary/aromatic N) is 2. The van der Waals surface area contributed by atoms with Crippen molar-refractivity contribution in [2.45, 2.75) is 182 Å². The molecule has 1 unspecified atom stereocenters. The first-order chi connectivity index (χ1) is 34.7. The number of aromatic nitrogens is 2. The number of carbonyl (C=O) groups excluding carboxylic acids is 1. The van der Waals surface area contributed by atoms with Gasteiger partial charge < -0.3 is 15.1 Å². The molecule has 0 bridgehead atoms. The van der Waals surface area contributed by atoms with Crippen LogP contribution in [0.4, 0.5) is 13.2 Å². The van der Waals surface area contributed by atoms with Crippen molar-refractivity contribution in [3.05, 3.63) is 142 Å². The predicted octanol–water partition coefficient (Wildman–Crippen LogP) is 18.3. The number of aliphatic hydroxyl groups excluding tert-OH is 1. The van der Waals surface area contributed by atoms with E-state index in [9.17, 15) is 23.1 Å². The number of benzene rings is 4. The maximum atomic E-state index is 12.3. The summed E-state index contributed by atoms with van der Waals surface area (Å²) in [6, 6.07) is 28.8. The summed E-state index contributed by atoms with van der Waals surface area (Å²) in [7, 11) is 0. The molecule has 0 spiro atoms. The van der Waals surface area contributed by atoms with Crippen molar-refractivity contribution in [3.8, 4) is 22.5 Å². The Kier molecular flexibility index (Phi) is 17.9. The van der Waals surface area contributed by atoms with Gasteiger partial charge in [0.1, 0.15) is 0 Å². The van der Waals surface area contributed by atoms with Gasteiger partial charge in [-0.25, -0.2) is 0 Å². The monoisotopic (exact) mass is 1150 g/mol. The Labute approximate surface area is 442 Å². The summed E-state index contributed by atoms with van der Waals surface area (Å²) in [6.07, 6.45) is 7.07. The van der Waals surface area contributed by atoms with Gasteiger partial charge in [0.15, 0.2) is 5.78 Å². The number of halogens is 3. The summed E-state index contributed by atoms with van der Waals surface area (Å²) in [5.41, 5.74) is 10.6. The largest absolute Gasteiger partial charge is 0.512 e. The first kappa shape index (κ1) is 51.3. The van der Waals surface area contributed by atoms with Gasteiger partial charge in [0.05, 0.1) is 17.7 Å². The van der Waals surface area contributed by atoms with Gasteiger partial charge in [-0.05, 0) is 124 Å². The van der Waals surface area contributed by atoms with Crippen molar-refractivity contribution in [1.29, 1.82) is 0 Å². The third-order valence-corrected chi connectivity index (χ3v) is 14.3. The molecule has 2 aliphatic rings. The summed E-state index contributed by atoms with van der Waals surface area (Å²) in [6.45, 7) is 22.6. The summed E-state index contributed by atoms with van der Waals surface area (Å²) in [5.74, 6) is -0.816. The minimum Gasteiger partial charge on any atom is -0.512 e. The molecule has 1 N–H and O–H groups in total. The van der Waals surface area contributed by atoms with E-state index in [1.165, 1.54) is 73.6 Å². The van der Waals surface area contributed by atoms with Crippen LogP contribution in [0, 0.1) is 37.8 Å². The van der Waals surface area contributed by atoms with E-state index >= 15 is 0 Å². The number of allylic oxidation sites excluding steroid dienone is 2. The molecular weight excluding hydrogens is 1070 g/mol. The van der Waals surface area contributed by atoms with Crippen LogP contribution in [-0.2, 0) is 35.7 Å². The SMILES string of the molecule is CCC(CC)C(=O)/C=C(\O)C(CC)CC(F)(F)F.[2H]c1nc(-c2[c-]c(C)cc(C(C)(C)C)c2)c2ccc(C3CCCC3)cc2c1[2H].[2H]c1nc(-c2[c-]c(C)cc(C(C)(C)C)c2)c2ccc(C3CCCC3)cc2c1[2H].[Ir]. The Morgan fingerprint density at radius 1 is 0.676 bits per heavy atom. The Bertz CT molecular complexity index is 2810. The van der Waals surface area contributed by atoms with Crippen LogP contribution < -0.4 is 0 Å². The normalized spacial score (nSPS) is 16.1. The van der Waals surface area contributed by atoms with Crippen molar-refractivity contribution in [1.82, 2.24) is 9.97 Å². The Morgan fingerprint density at radius 3 is 1.42 bits per heavy atom. The van der Waals surface area contributed by atoms with Crippen LogP contribution in [0.5, 0.6) is 0 Å². The zero-order valence-corrected chi connectivity index (χ0v) is 46.3. The molecule has 0 amide bonds. The van der Waals surface area contributed by atoms with Gasteiger partial charge in [-0.2, -0.15) is 13.2 Å². The summed E-state index contributed by atoms with van der Waals surface area (Å²) in [4.78, 5) is 20.7. The molecule has 0 aliphatic heterocycles. The van der Waals surface area contributed by atoms with Crippen LogP contribution in [-0.4, -0.2) is 27.0 Å². The van der Waals surface area contributed by atoms with E-state index in [0.29, 0.717) is 24.7 Å². The second-order valence-corrected chi connectivity index (χ2v) is 21.8. The van der Waals surface area contributed by atoms with E-state index in [2.05, 4.69) is 138 Å². The number of ketones is 1. The molecule has 4 aromatic carbocycles. The zero-order chi connectivity index (χ0) is 54.4. The maximum absolute atomic E-state index is 12.3. The molecule has 8 rings (SSSR count). The van der Waals surface area contributed by atoms with Crippen molar-refractivity contribution in [2.24, 2.45) is 11.8 Å². The Balaban J connectivity index is 0.000000213. The minimum absolute atomic E-state index is 0. The zero-order valence-electron chi connectivity index (χ0n) is 47.9. The van der Waals surface area contributed by atoms with E-state index in [1.807, 2.05) is 13.8 Å². The molecule has 6 aromatic rings. The van der Waals surface area contributed by atoms with Gasteiger partial charge >= 0.3 is 6.18 Å². The second-order valence-electron chi connectivity index (χ2n) is 21.8. The van der Waals surface area contributed by atoms with Gasteiger partial charge in [-0.15, -0.1) is 69.8 Å². The average Bonchev–Trinajstić information content (AvgIpc) is 4.09. The molecule has 8 heteroatoms. The third-order valence-electron chi connectivity index (χ3n) is 14.3. The molecule has 2 fully saturated rings. The van der Waals surface area contributed by atoms with Crippen molar-refractivity contribution < 1.29 is 48.7 Å². The van der Waals surface area contributed by atoms with E-state index < -0.39 is 24.3 Å². The molecule has 2 saturated carbocycles. The van der Waals surface area contributed by atoms with Gasteiger partial charge in [0.25, 0.3) is 0 Å². The van der Waals surface area contributed by atoms with Gasteiger partial charge in [0, 0.05) is 50.4 Å². The molecule has 2 heterocycles. The number of aryl methyl sites for hydroxylation is 2. The van der Waals surface area contributed by atoms with Crippen LogP contribution in [0.1, 0.15) is 190 Å². The molecule has 1 radical (unpaired) electrons. The van der Waals surface area contributed by atoms with Crippen LogP contribution >= 0.6 is 0 Å². The fourth-order valence-corrected chi connectivity index (χ4v) is 9.95. The smallest absolute Gasteiger partial charge is 0.389 e. The number of pyridine rings is 2. The van der Waals surface area contributed by atoms with E-state index in [1.54, 1.807) is 6.92 Å². The average molecular weight is 1150 g/mol. The number of hydrogen-bond donors (Lipinski definition) is 1. The standard InChI is InChI=1S/2C25H28N.C13H21F3O2.Ir/c2*1-17-13-21(16-22(14-17)25(2,3)4)24-23-10-9-19(18-7-5-6-8-18)15-20(23)11-12-26-24;1-4-9(5-2)11(17)7-12(18)10(6-3)8-13(14,15)16;/h2*9-12,14-16,18H,5-8H2,1-4H3;7,9-10,18H,4-6,8H2,1-3H3;/q2*-1;;/b;;12-7-;/i2*11D,12D;;. The Hall–Kier alpha value is -4.65. The fraction of sp³-hybridized carbons (Fsp3) is 0.476. The molecule has 1 atom stereocenters. The van der Waals surface area contributed by atoms with Gasteiger partial charge in [0.2, 0.25) is 0 Å². The first-order valence-electron chi connectivity index (χ1n) is 27.6. The van der Waals surface area contributed by atoms with Crippen LogP contribution in [0.15, 0.2) is 96.9 Å². The molecule has 2 aliphatic carbocycles. The first-order valence-corrected chi connectivity index (χ1v) is 25.6. The molecular formula is C63H77F3IrN2O2-2. The molecule has 2 aromatic heterocycles. The minimum atomic E-state index is -4.33. The van der Waals surface area contributed by atoms with Crippen molar-refractivity contribution in [2.75, 3.05) is 0 Å². The number of rotatable bonds is 11. The molecule has 71 heavy (non-hydrogen) atoms. The maximum Gasteiger partial charge on any atom is 0.389 e. The number of hydrogen-bond acceptors (Lipinski definition) is 4. The summed E-state index contributed by atoms with van der Waals surface area (Å²) < 4.78 is 70.2. The van der Waals surface area contributed by atoms with Crippen LogP contribution in [0.2, 0.25) is 0 Å². The van der Waals surface area contributed by atoms with Crippen molar-refractivity contribution >= 4 is 27.3 Å². The van der Waals surface area contributed by atoms with E-state index in [-0.39, 0.29) is 73.5 Å². The number of carbonyl (C=O) groups is 1. The number of aliphatic hydroxyl groups is 1. The summed E-state index contributed by atoms with van der Waals surface area (Å²) >= 11 is 0. The third kappa shape index (κ3) is 15.4. The number of fused-ring (bicyclic) bond motifs is 2. The number of alkyl halides is 3. The fourth-order valence-electron chi connectivity index (χ4n) is 9.95. The van der Waals surface area contributed by atoms with E-state index in [4.69, 9.17) is 5.48 Å². The van der Waals surface area contributed by atoms with Crippen molar-refractivity contribution in [3.63, 3.8) is 0 Å². The van der Waals surface area contributed by atoms with Gasteiger partial charge in [-0.3, -0.25) is 4.79 Å². The van der Waals surface area contributed by atoms with E-state index in [0.717, 1.165) is 61.3 Å². The quantitative estimate of drug-likeness (QED) is 0.0798. The molecule has 4 nitrogen and oxygen atoms in total. The van der Waals surface area contributed by atoms with Crippen LogP contribution in [0.3, 0.4) is 0 Å². The predicted molar refractivity (Wildman–Crippen MR) is 286 cm³/mol. The molecule has 0 saturated heterocycles.